The van der Waals surface area contributed by atoms with Gasteiger partial charge in [-0.3, -0.25) is 5.32 Å². The first-order valence-electron chi connectivity index (χ1n) is 4.70. The number of hydrogen-bond donors (Lipinski definition) is 3. The lowest BCUT2D eigenvalue weighted by Gasteiger charge is -2.20. The van der Waals surface area contributed by atoms with Gasteiger partial charge in [-0.25, -0.2) is 4.79 Å². The van der Waals surface area contributed by atoms with E-state index in [1.54, 1.807) is 12.1 Å². The Hall–Kier alpha value is -1.71. The van der Waals surface area contributed by atoms with Crippen LogP contribution in [-0.2, 0) is 5.41 Å². The van der Waals surface area contributed by atoms with Crippen molar-refractivity contribution in [3.63, 3.8) is 0 Å². The smallest absolute Gasteiger partial charge is 0.409 e. The minimum Gasteiger partial charge on any atom is -0.465 e. The Kier molecular flexibility index (Phi) is 2.88. The molecule has 1 amide bonds. The zero-order valence-electron chi connectivity index (χ0n) is 9.16. The average Bonchev–Trinajstić information content (AvgIpc) is 1.99. The average molecular weight is 208 g/mol. The number of amides is 1. The van der Waals surface area contributed by atoms with Gasteiger partial charge in [0.05, 0.1) is 0 Å². The van der Waals surface area contributed by atoms with Crippen molar-refractivity contribution >= 4 is 17.5 Å². The molecule has 1 aromatic carbocycles. The molecule has 1 rings (SSSR count). The fraction of sp³-hybridized carbons (Fsp3) is 0.364. The molecule has 0 saturated carbocycles. The van der Waals surface area contributed by atoms with Gasteiger partial charge in [0.25, 0.3) is 0 Å². The lowest BCUT2D eigenvalue weighted by atomic mass is 9.86. The second-order valence-corrected chi connectivity index (χ2v) is 4.52. The van der Waals surface area contributed by atoms with Crippen LogP contribution in [0.3, 0.4) is 0 Å². The number of rotatable bonds is 1. The van der Waals surface area contributed by atoms with Crippen LogP contribution in [0.25, 0.3) is 0 Å². The Morgan fingerprint density at radius 3 is 2.40 bits per heavy atom. The molecule has 0 heterocycles. The first-order valence-corrected chi connectivity index (χ1v) is 4.70. The van der Waals surface area contributed by atoms with Crippen LogP contribution in [-0.4, -0.2) is 11.2 Å². The Bertz CT molecular complexity index is 381. The highest BCUT2D eigenvalue weighted by Gasteiger charge is 2.15. The van der Waals surface area contributed by atoms with Gasteiger partial charge in [0, 0.05) is 11.4 Å². The monoisotopic (exact) mass is 208 g/mol. The number of carboxylic acid groups (broad SMARTS) is 1. The van der Waals surface area contributed by atoms with Crippen LogP contribution in [0.5, 0.6) is 0 Å². The molecule has 1 aromatic rings. The van der Waals surface area contributed by atoms with Crippen molar-refractivity contribution in [3.05, 3.63) is 23.8 Å². The Morgan fingerprint density at radius 1 is 1.33 bits per heavy atom. The third-order valence-corrected chi connectivity index (χ3v) is 2.07. The second kappa shape index (κ2) is 3.81. The van der Waals surface area contributed by atoms with Gasteiger partial charge in [-0.2, -0.15) is 0 Å². The van der Waals surface area contributed by atoms with Crippen LogP contribution >= 0.6 is 0 Å². The molecular weight excluding hydrogens is 192 g/mol. The van der Waals surface area contributed by atoms with E-state index >= 15 is 0 Å². The number of carbonyl (C=O) groups is 1. The molecule has 0 bridgehead atoms. The van der Waals surface area contributed by atoms with Crippen molar-refractivity contribution in [1.82, 2.24) is 0 Å². The molecule has 15 heavy (non-hydrogen) atoms. The maximum Gasteiger partial charge on any atom is 0.409 e. The molecule has 4 nitrogen and oxygen atoms in total. The third kappa shape index (κ3) is 3.16. The number of nitrogens with two attached hydrogens (primary N) is 1. The van der Waals surface area contributed by atoms with E-state index in [4.69, 9.17) is 10.8 Å². The molecule has 0 radical (unpaired) electrons. The number of nitrogen functional groups attached to an aromatic ring is 1. The molecule has 0 aliphatic carbocycles. The molecule has 4 heteroatoms. The number of nitrogens with one attached hydrogen (secondary N) is 1. The van der Waals surface area contributed by atoms with Crippen LogP contribution < -0.4 is 11.1 Å². The van der Waals surface area contributed by atoms with Crippen molar-refractivity contribution in [2.45, 2.75) is 26.2 Å². The fourth-order valence-corrected chi connectivity index (χ4v) is 1.28. The standard InChI is InChI=1S/C11H16N2O2/c1-11(2,3)7-4-8(12)6-9(5-7)13-10(14)15/h4-6,13H,12H2,1-3H3,(H,14,15). The van der Waals surface area contributed by atoms with E-state index in [-0.39, 0.29) is 5.41 Å². The summed E-state index contributed by atoms with van der Waals surface area (Å²) in [4.78, 5) is 10.5. The van der Waals surface area contributed by atoms with Crippen molar-refractivity contribution in [1.29, 1.82) is 0 Å². The quantitative estimate of drug-likeness (QED) is 0.621. The van der Waals surface area contributed by atoms with E-state index in [9.17, 15) is 4.79 Å². The van der Waals surface area contributed by atoms with E-state index in [2.05, 4.69) is 5.32 Å². The lowest BCUT2D eigenvalue weighted by molar-refractivity contribution is 0.209. The summed E-state index contributed by atoms with van der Waals surface area (Å²) >= 11 is 0. The molecule has 0 spiro atoms. The number of anilines is 2. The predicted octanol–water partition coefficient (Wildman–Crippen LogP) is 2.66. The summed E-state index contributed by atoms with van der Waals surface area (Å²) in [7, 11) is 0. The highest BCUT2D eigenvalue weighted by atomic mass is 16.4. The van der Waals surface area contributed by atoms with Crippen LogP contribution in [0.2, 0.25) is 0 Å². The van der Waals surface area contributed by atoms with E-state index in [0.717, 1.165) is 5.56 Å². The van der Waals surface area contributed by atoms with Crippen molar-refractivity contribution in [3.8, 4) is 0 Å². The molecule has 4 N–H and O–H groups in total. The number of hydrogen-bond acceptors (Lipinski definition) is 2. The summed E-state index contributed by atoms with van der Waals surface area (Å²) in [6.07, 6.45) is -1.08. The molecule has 0 aromatic heterocycles. The normalized spacial score (nSPS) is 11.1. The molecule has 82 valence electrons. The molecule has 0 atom stereocenters. The minimum atomic E-state index is -1.08. The molecular formula is C11H16N2O2. The van der Waals surface area contributed by atoms with Crippen LogP contribution in [0, 0.1) is 0 Å². The molecule has 0 fully saturated rings. The van der Waals surface area contributed by atoms with Gasteiger partial charge >= 0.3 is 6.09 Å². The van der Waals surface area contributed by atoms with Crippen LogP contribution in [0.4, 0.5) is 16.2 Å². The summed E-state index contributed by atoms with van der Waals surface area (Å²) in [5.74, 6) is 0. The summed E-state index contributed by atoms with van der Waals surface area (Å²) in [5, 5.41) is 10.9. The van der Waals surface area contributed by atoms with E-state index in [1.807, 2.05) is 26.8 Å². The Morgan fingerprint density at radius 2 is 1.93 bits per heavy atom. The molecule has 0 saturated heterocycles. The van der Waals surface area contributed by atoms with E-state index < -0.39 is 6.09 Å². The zero-order valence-corrected chi connectivity index (χ0v) is 9.16. The topological polar surface area (TPSA) is 75.3 Å². The second-order valence-electron chi connectivity index (χ2n) is 4.52. The van der Waals surface area contributed by atoms with Crippen LogP contribution in [0.15, 0.2) is 18.2 Å². The van der Waals surface area contributed by atoms with Crippen LogP contribution in [0.1, 0.15) is 26.3 Å². The highest BCUT2D eigenvalue weighted by Crippen LogP contribution is 2.27. The zero-order chi connectivity index (χ0) is 11.6. The van der Waals surface area contributed by atoms with E-state index in [0.29, 0.717) is 11.4 Å². The van der Waals surface area contributed by atoms with Gasteiger partial charge in [0.2, 0.25) is 0 Å². The number of benzene rings is 1. The van der Waals surface area contributed by atoms with Crippen molar-refractivity contribution < 1.29 is 9.90 Å². The van der Waals surface area contributed by atoms with Gasteiger partial charge < -0.3 is 10.8 Å². The van der Waals surface area contributed by atoms with Gasteiger partial charge in [0.1, 0.15) is 0 Å². The van der Waals surface area contributed by atoms with Gasteiger partial charge in [-0.1, -0.05) is 20.8 Å². The van der Waals surface area contributed by atoms with Crippen molar-refractivity contribution in [2.75, 3.05) is 11.1 Å². The highest BCUT2D eigenvalue weighted by molar-refractivity contribution is 5.83. The largest absolute Gasteiger partial charge is 0.465 e. The Labute approximate surface area is 89.1 Å². The van der Waals surface area contributed by atoms with Gasteiger partial charge in [-0.15, -0.1) is 0 Å². The third-order valence-electron chi connectivity index (χ3n) is 2.07. The van der Waals surface area contributed by atoms with Gasteiger partial charge in [-0.05, 0) is 29.2 Å². The summed E-state index contributed by atoms with van der Waals surface area (Å²) in [5.41, 5.74) is 7.72. The Balaban J connectivity index is 3.11. The summed E-state index contributed by atoms with van der Waals surface area (Å²) in [6.45, 7) is 6.14. The SMILES string of the molecule is CC(C)(C)c1cc(N)cc(NC(=O)O)c1. The fourth-order valence-electron chi connectivity index (χ4n) is 1.28. The predicted molar refractivity (Wildman–Crippen MR) is 61.2 cm³/mol. The molecule has 0 aliphatic heterocycles. The molecule has 0 aliphatic rings. The first-order chi connectivity index (χ1) is 6.79. The summed E-state index contributed by atoms with van der Waals surface area (Å²) in [6, 6.07) is 5.25. The van der Waals surface area contributed by atoms with E-state index in [1.165, 1.54) is 0 Å². The summed E-state index contributed by atoms with van der Waals surface area (Å²) < 4.78 is 0. The lowest BCUT2D eigenvalue weighted by Crippen LogP contribution is -2.14. The minimum absolute atomic E-state index is 0.0513. The van der Waals surface area contributed by atoms with Crippen molar-refractivity contribution in [2.24, 2.45) is 0 Å². The maximum absolute atomic E-state index is 10.5. The van der Waals surface area contributed by atoms with Gasteiger partial charge in [0.15, 0.2) is 0 Å². The molecule has 0 unspecified atom stereocenters. The first kappa shape index (κ1) is 11.4. The maximum atomic E-state index is 10.5.